The Morgan fingerprint density at radius 2 is 2.40 bits per heavy atom. The third-order valence-electron chi connectivity index (χ3n) is 3.00. The van der Waals surface area contributed by atoms with Gasteiger partial charge in [-0.05, 0) is 12.8 Å². The van der Waals surface area contributed by atoms with E-state index in [9.17, 15) is 9.59 Å². The number of amides is 2. The molecule has 2 rings (SSSR count). The summed E-state index contributed by atoms with van der Waals surface area (Å²) in [4.78, 5) is 26.0. The molecule has 0 bridgehead atoms. The number of hydrogen-bond acceptors (Lipinski definition) is 4. The maximum atomic E-state index is 11.6. The monoisotopic (exact) mass is 282 g/mol. The third kappa shape index (κ3) is 4.23. The van der Waals surface area contributed by atoms with Gasteiger partial charge in [0.2, 0.25) is 0 Å². The first kappa shape index (κ1) is 14.3. The number of rotatable bonds is 5. The van der Waals surface area contributed by atoms with Crippen molar-refractivity contribution in [3.8, 4) is 0 Å². The first-order valence-electron chi connectivity index (χ1n) is 6.52. The van der Waals surface area contributed by atoms with Crippen LogP contribution in [0, 0.1) is 0 Å². The highest BCUT2D eigenvalue weighted by atomic mass is 16.5. The Labute approximate surface area is 116 Å². The molecule has 8 nitrogen and oxygen atoms in total. The fourth-order valence-electron chi connectivity index (χ4n) is 1.98. The summed E-state index contributed by atoms with van der Waals surface area (Å²) in [6.45, 7) is 2.17. The summed E-state index contributed by atoms with van der Waals surface area (Å²) < 4.78 is 6.89. The summed E-state index contributed by atoms with van der Waals surface area (Å²) >= 11 is 0. The number of carboxylic acids is 1. The van der Waals surface area contributed by atoms with Crippen LogP contribution in [0.25, 0.3) is 0 Å². The lowest BCUT2D eigenvalue weighted by Crippen LogP contribution is -2.46. The second-order valence-corrected chi connectivity index (χ2v) is 4.62. The van der Waals surface area contributed by atoms with Gasteiger partial charge in [-0.25, -0.2) is 14.6 Å². The van der Waals surface area contributed by atoms with Gasteiger partial charge in [0.1, 0.15) is 0 Å². The topological polar surface area (TPSA) is 105 Å². The number of aromatic nitrogens is 2. The van der Waals surface area contributed by atoms with E-state index in [-0.39, 0.29) is 17.8 Å². The average Bonchev–Trinajstić information content (AvgIpc) is 2.89. The van der Waals surface area contributed by atoms with Gasteiger partial charge in [0.25, 0.3) is 0 Å². The Kier molecular flexibility index (Phi) is 4.94. The van der Waals surface area contributed by atoms with Gasteiger partial charge in [-0.2, -0.15) is 0 Å². The Morgan fingerprint density at radius 1 is 1.55 bits per heavy atom. The zero-order valence-corrected chi connectivity index (χ0v) is 11.0. The molecule has 0 radical (unpaired) electrons. The van der Waals surface area contributed by atoms with Crippen molar-refractivity contribution in [2.75, 3.05) is 19.8 Å². The van der Waals surface area contributed by atoms with Crippen LogP contribution in [0.4, 0.5) is 4.79 Å². The number of carbonyl (C=O) groups excluding carboxylic acids is 1. The van der Waals surface area contributed by atoms with Crippen LogP contribution < -0.4 is 10.6 Å². The van der Waals surface area contributed by atoms with Crippen LogP contribution in [0.5, 0.6) is 0 Å². The molecule has 1 fully saturated rings. The second kappa shape index (κ2) is 6.90. The number of nitrogens with zero attached hydrogens (tertiary/aromatic N) is 2. The predicted molar refractivity (Wildman–Crippen MR) is 69.6 cm³/mol. The normalized spacial score (nSPS) is 18.5. The van der Waals surface area contributed by atoms with E-state index in [0.29, 0.717) is 19.7 Å². The minimum absolute atomic E-state index is 0.00574. The molecule has 2 heterocycles. The average molecular weight is 282 g/mol. The molecule has 1 aromatic heterocycles. The molecule has 20 heavy (non-hydrogen) atoms. The Morgan fingerprint density at radius 3 is 3.05 bits per heavy atom. The Hall–Kier alpha value is -2.09. The summed E-state index contributed by atoms with van der Waals surface area (Å²) in [5.74, 6) is -1.06. The van der Waals surface area contributed by atoms with Gasteiger partial charge in [0, 0.05) is 25.9 Å². The highest BCUT2D eigenvalue weighted by Crippen LogP contribution is 2.05. The molecule has 0 spiro atoms. The molecule has 0 aromatic carbocycles. The molecule has 1 aliphatic rings. The Bertz CT molecular complexity index is 468. The Balaban J connectivity index is 1.66. The molecule has 1 saturated heterocycles. The van der Waals surface area contributed by atoms with E-state index in [4.69, 9.17) is 9.84 Å². The van der Waals surface area contributed by atoms with Crippen LogP contribution in [0.2, 0.25) is 0 Å². The SMILES string of the molecule is O=C(NCCn1cnc(C(=O)O)c1)NC1CCCOC1. The zero-order chi connectivity index (χ0) is 14.4. The van der Waals surface area contributed by atoms with E-state index in [1.54, 1.807) is 4.57 Å². The van der Waals surface area contributed by atoms with E-state index in [1.807, 2.05) is 0 Å². The van der Waals surface area contributed by atoms with Gasteiger partial charge in [0.05, 0.1) is 19.0 Å². The summed E-state index contributed by atoms with van der Waals surface area (Å²) in [6, 6.07) is -0.172. The van der Waals surface area contributed by atoms with Crippen LogP contribution in [0.15, 0.2) is 12.5 Å². The first-order chi connectivity index (χ1) is 9.65. The zero-order valence-electron chi connectivity index (χ0n) is 11.0. The van der Waals surface area contributed by atoms with Gasteiger partial charge in [0.15, 0.2) is 5.69 Å². The van der Waals surface area contributed by atoms with Crippen molar-refractivity contribution in [3.05, 3.63) is 18.2 Å². The fraction of sp³-hybridized carbons (Fsp3) is 0.583. The van der Waals surface area contributed by atoms with Gasteiger partial charge < -0.3 is 25.0 Å². The van der Waals surface area contributed by atoms with Gasteiger partial charge in [-0.1, -0.05) is 0 Å². The molecule has 0 saturated carbocycles. The quantitative estimate of drug-likeness (QED) is 0.708. The van der Waals surface area contributed by atoms with E-state index in [2.05, 4.69) is 15.6 Å². The highest BCUT2D eigenvalue weighted by molar-refractivity contribution is 5.84. The number of carbonyl (C=O) groups is 2. The first-order valence-corrected chi connectivity index (χ1v) is 6.52. The summed E-state index contributed by atoms with van der Waals surface area (Å²) in [7, 11) is 0. The van der Waals surface area contributed by atoms with Crippen molar-refractivity contribution < 1.29 is 19.4 Å². The largest absolute Gasteiger partial charge is 0.476 e. The van der Waals surface area contributed by atoms with Crippen molar-refractivity contribution in [1.82, 2.24) is 20.2 Å². The second-order valence-electron chi connectivity index (χ2n) is 4.62. The maximum absolute atomic E-state index is 11.6. The molecule has 2 amide bonds. The molecule has 1 aliphatic heterocycles. The highest BCUT2D eigenvalue weighted by Gasteiger charge is 2.15. The lowest BCUT2D eigenvalue weighted by atomic mass is 10.1. The van der Waals surface area contributed by atoms with Crippen LogP contribution in [-0.4, -0.2) is 52.5 Å². The fourth-order valence-corrected chi connectivity index (χ4v) is 1.98. The number of carboxylic acid groups (broad SMARTS) is 1. The summed E-state index contributed by atoms with van der Waals surface area (Å²) in [5.41, 5.74) is -0.00574. The van der Waals surface area contributed by atoms with Crippen LogP contribution in [0.3, 0.4) is 0 Å². The molecular weight excluding hydrogens is 264 g/mol. The number of hydrogen-bond donors (Lipinski definition) is 3. The van der Waals surface area contributed by atoms with E-state index >= 15 is 0 Å². The van der Waals surface area contributed by atoms with Gasteiger partial charge in [-0.15, -0.1) is 0 Å². The standard InChI is InChI=1S/C12H18N4O4/c17-11(18)10-6-16(8-14-10)4-3-13-12(19)15-9-2-1-5-20-7-9/h6,8-9H,1-5,7H2,(H,17,18)(H2,13,15,19). The van der Waals surface area contributed by atoms with Crippen LogP contribution >= 0.6 is 0 Å². The molecule has 8 heteroatoms. The minimum Gasteiger partial charge on any atom is -0.476 e. The molecule has 1 aromatic rings. The molecule has 110 valence electrons. The molecule has 0 aliphatic carbocycles. The van der Waals surface area contributed by atoms with E-state index in [0.717, 1.165) is 19.4 Å². The smallest absolute Gasteiger partial charge is 0.356 e. The minimum atomic E-state index is -1.06. The summed E-state index contributed by atoms with van der Waals surface area (Å²) in [5, 5.41) is 14.3. The number of urea groups is 1. The van der Waals surface area contributed by atoms with Crippen molar-refractivity contribution in [2.24, 2.45) is 0 Å². The van der Waals surface area contributed by atoms with Crippen molar-refractivity contribution in [3.63, 3.8) is 0 Å². The van der Waals surface area contributed by atoms with Gasteiger partial charge in [-0.3, -0.25) is 0 Å². The summed E-state index contributed by atoms with van der Waals surface area (Å²) in [6.07, 6.45) is 4.74. The molecule has 1 atom stereocenters. The van der Waals surface area contributed by atoms with E-state index in [1.165, 1.54) is 12.5 Å². The predicted octanol–water partition coefficient (Wildman–Crippen LogP) is 0.0595. The number of nitrogens with one attached hydrogen (secondary N) is 2. The van der Waals surface area contributed by atoms with Crippen molar-refractivity contribution in [2.45, 2.75) is 25.4 Å². The van der Waals surface area contributed by atoms with E-state index < -0.39 is 5.97 Å². The van der Waals surface area contributed by atoms with Crippen LogP contribution in [0.1, 0.15) is 23.3 Å². The third-order valence-corrected chi connectivity index (χ3v) is 3.00. The van der Waals surface area contributed by atoms with Crippen molar-refractivity contribution in [1.29, 1.82) is 0 Å². The molecular formula is C12H18N4O4. The molecule has 1 unspecified atom stereocenters. The number of ether oxygens (including phenoxy) is 1. The van der Waals surface area contributed by atoms with Gasteiger partial charge >= 0.3 is 12.0 Å². The van der Waals surface area contributed by atoms with Crippen LogP contribution in [-0.2, 0) is 11.3 Å². The number of aromatic carboxylic acids is 1. The lowest BCUT2D eigenvalue weighted by molar-refractivity contribution is 0.0691. The maximum Gasteiger partial charge on any atom is 0.356 e. The molecule has 3 N–H and O–H groups in total. The lowest BCUT2D eigenvalue weighted by Gasteiger charge is -2.23. The van der Waals surface area contributed by atoms with Crippen molar-refractivity contribution >= 4 is 12.0 Å². The number of imidazole rings is 1.